The van der Waals surface area contributed by atoms with Crippen LogP contribution >= 0.6 is 11.8 Å². The Morgan fingerprint density at radius 2 is 2.00 bits per heavy atom. The number of thioether (sulfide) groups is 1. The first-order valence-corrected chi connectivity index (χ1v) is 7.08. The Morgan fingerprint density at radius 3 is 2.64 bits per heavy atom. The van der Waals surface area contributed by atoms with Gasteiger partial charge in [0, 0.05) is 6.54 Å². The maximum absolute atomic E-state index is 10.2. The van der Waals surface area contributed by atoms with Gasteiger partial charge in [-0.3, -0.25) is 0 Å². The first kappa shape index (κ1) is 12.3. The van der Waals surface area contributed by atoms with Crippen molar-refractivity contribution in [3.05, 3.63) is 0 Å². The van der Waals surface area contributed by atoms with Crippen molar-refractivity contribution in [1.29, 1.82) is 0 Å². The van der Waals surface area contributed by atoms with Crippen LogP contribution in [0.4, 0.5) is 0 Å². The highest BCUT2D eigenvalue weighted by Gasteiger charge is 2.28. The lowest BCUT2D eigenvalue weighted by atomic mass is 9.85. The molecule has 0 aromatic heterocycles. The molecule has 0 spiro atoms. The van der Waals surface area contributed by atoms with Crippen LogP contribution in [0, 0.1) is 0 Å². The number of rotatable bonds is 6. The molecule has 0 saturated heterocycles. The summed E-state index contributed by atoms with van der Waals surface area (Å²) in [6.07, 6.45) is 9.01. The fourth-order valence-corrected chi connectivity index (χ4v) is 2.48. The minimum Gasteiger partial charge on any atom is -0.389 e. The van der Waals surface area contributed by atoms with Crippen LogP contribution in [0.3, 0.4) is 0 Å². The molecular formula is C11H23NOS. The standard InChI is InChI=1S/C11H23NOS/c1-14-9-5-8-12-10-11(13)6-3-2-4-7-11/h12-13H,2-10H2,1H3. The largest absolute Gasteiger partial charge is 0.389 e. The molecule has 0 bridgehead atoms. The summed E-state index contributed by atoms with van der Waals surface area (Å²) in [4.78, 5) is 0. The van der Waals surface area contributed by atoms with E-state index in [9.17, 15) is 5.11 Å². The van der Waals surface area contributed by atoms with E-state index in [0.29, 0.717) is 0 Å². The van der Waals surface area contributed by atoms with Crippen LogP contribution in [0.1, 0.15) is 38.5 Å². The maximum atomic E-state index is 10.2. The van der Waals surface area contributed by atoms with Gasteiger partial charge in [0.1, 0.15) is 0 Å². The first-order chi connectivity index (χ1) is 6.77. The molecule has 0 unspecified atom stereocenters. The molecule has 0 aromatic rings. The van der Waals surface area contributed by atoms with E-state index in [0.717, 1.165) is 25.9 Å². The lowest BCUT2D eigenvalue weighted by Crippen LogP contribution is -2.42. The summed E-state index contributed by atoms with van der Waals surface area (Å²) in [5, 5.41) is 13.5. The Kier molecular flexibility index (Phi) is 5.90. The lowest BCUT2D eigenvalue weighted by Gasteiger charge is -2.32. The second-order valence-electron chi connectivity index (χ2n) is 4.31. The molecular weight excluding hydrogens is 194 g/mol. The second-order valence-corrected chi connectivity index (χ2v) is 5.29. The summed E-state index contributed by atoms with van der Waals surface area (Å²) in [6.45, 7) is 1.84. The van der Waals surface area contributed by atoms with E-state index in [4.69, 9.17) is 0 Å². The van der Waals surface area contributed by atoms with Gasteiger partial charge in [0.15, 0.2) is 0 Å². The third-order valence-electron chi connectivity index (χ3n) is 2.94. The average molecular weight is 217 g/mol. The van der Waals surface area contributed by atoms with Crippen molar-refractivity contribution in [2.24, 2.45) is 0 Å². The van der Waals surface area contributed by atoms with E-state index >= 15 is 0 Å². The molecule has 84 valence electrons. The van der Waals surface area contributed by atoms with E-state index in [2.05, 4.69) is 11.6 Å². The molecule has 0 heterocycles. The van der Waals surface area contributed by atoms with Crippen molar-refractivity contribution in [1.82, 2.24) is 5.32 Å². The molecule has 0 radical (unpaired) electrons. The van der Waals surface area contributed by atoms with Gasteiger partial charge >= 0.3 is 0 Å². The third-order valence-corrected chi connectivity index (χ3v) is 3.64. The van der Waals surface area contributed by atoms with Crippen molar-refractivity contribution in [2.75, 3.05) is 25.1 Å². The van der Waals surface area contributed by atoms with Crippen LogP contribution in [-0.2, 0) is 0 Å². The summed E-state index contributed by atoms with van der Waals surface area (Å²) < 4.78 is 0. The highest BCUT2D eigenvalue weighted by atomic mass is 32.2. The molecule has 2 N–H and O–H groups in total. The molecule has 0 amide bonds. The van der Waals surface area contributed by atoms with Gasteiger partial charge in [0.05, 0.1) is 5.60 Å². The molecule has 1 aliphatic rings. The number of aliphatic hydroxyl groups is 1. The number of hydrogen-bond donors (Lipinski definition) is 2. The zero-order valence-corrected chi connectivity index (χ0v) is 10.0. The van der Waals surface area contributed by atoms with Crippen LogP contribution in [-0.4, -0.2) is 35.8 Å². The van der Waals surface area contributed by atoms with E-state index in [1.165, 1.54) is 31.4 Å². The van der Waals surface area contributed by atoms with Crippen LogP contribution in [0.5, 0.6) is 0 Å². The summed E-state index contributed by atoms with van der Waals surface area (Å²) in [5.74, 6) is 1.21. The Bertz CT molecular complexity index is 146. The fourth-order valence-electron chi connectivity index (χ4n) is 2.05. The molecule has 0 atom stereocenters. The van der Waals surface area contributed by atoms with Crippen LogP contribution in [0.15, 0.2) is 0 Å². The molecule has 1 rings (SSSR count). The minimum atomic E-state index is -0.391. The van der Waals surface area contributed by atoms with E-state index in [-0.39, 0.29) is 0 Å². The van der Waals surface area contributed by atoms with Gasteiger partial charge in [-0.2, -0.15) is 11.8 Å². The molecule has 1 fully saturated rings. The predicted molar refractivity (Wildman–Crippen MR) is 63.9 cm³/mol. The SMILES string of the molecule is CSCCCNCC1(O)CCCCC1. The molecule has 14 heavy (non-hydrogen) atoms. The van der Waals surface area contributed by atoms with Gasteiger partial charge in [0.2, 0.25) is 0 Å². The molecule has 0 aromatic carbocycles. The van der Waals surface area contributed by atoms with Crippen LogP contribution in [0.2, 0.25) is 0 Å². The van der Waals surface area contributed by atoms with E-state index < -0.39 is 5.60 Å². The summed E-state index contributed by atoms with van der Waals surface area (Å²) in [6, 6.07) is 0. The van der Waals surface area contributed by atoms with E-state index in [1.54, 1.807) is 0 Å². The van der Waals surface area contributed by atoms with Crippen molar-refractivity contribution in [3.8, 4) is 0 Å². The Balaban J connectivity index is 2.03. The number of nitrogens with one attached hydrogen (secondary N) is 1. The smallest absolute Gasteiger partial charge is 0.0771 e. The second kappa shape index (κ2) is 6.70. The highest BCUT2D eigenvalue weighted by Crippen LogP contribution is 2.27. The summed E-state index contributed by atoms with van der Waals surface area (Å²) >= 11 is 1.88. The highest BCUT2D eigenvalue weighted by molar-refractivity contribution is 7.98. The molecule has 1 aliphatic carbocycles. The predicted octanol–water partition coefficient (Wildman–Crippen LogP) is 2.02. The maximum Gasteiger partial charge on any atom is 0.0771 e. The monoisotopic (exact) mass is 217 g/mol. The van der Waals surface area contributed by atoms with Gasteiger partial charge in [-0.05, 0) is 37.8 Å². The van der Waals surface area contributed by atoms with Crippen molar-refractivity contribution in [3.63, 3.8) is 0 Å². The zero-order chi connectivity index (χ0) is 10.3. The van der Waals surface area contributed by atoms with Gasteiger partial charge in [-0.25, -0.2) is 0 Å². The minimum absolute atomic E-state index is 0.391. The van der Waals surface area contributed by atoms with E-state index in [1.807, 2.05) is 11.8 Å². The Labute approximate surface area is 91.9 Å². The first-order valence-electron chi connectivity index (χ1n) is 5.69. The number of hydrogen-bond acceptors (Lipinski definition) is 3. The molecule has 2 nitrogen and oxygen atoms in total. The third kappa shape index (κ3) is 4.67. The summed E-state index contributed by atoms with van der Waals surface area (Å²) in [7, 11) is 0. The fraction of sp³-hybridized carbons (Fsp3) is 1.00. The molecule has 3 heteroatoms. The van der Waals surface area contributed by atoms with Crippen molar-refractivity contribution < 1.29 is 5.11 Å². The quantitative estimate of drug-likeness (QED) is 0.668. The molecule has 1 saturated carbocycles. The lowest BCUT2D eigenvalue weighted by molar-refractivity contribution is 0.00514. The Morgan fingerprint density at radius 1 is 1.29 bits per heavy atom. The average Bonchev–Trinajstić information content (AvgIpc) is 2.18. The van der Waals surface area contributed by atoms with Crippen molar-refractivity contribution >= 4 is 11.8 Å². The van der Waals surface area contributed by atoms with Gasteiger partial charge in [0.25, 0.3) is 0 Å². The topological polar surface area (TPSA) is 32.3 Å². The van der Waals surface area contributed by atoms with Gasteiger partial charge < -0.3 is 10.4 Å². The van der Waals surface area contributed by atoms with Crippen LogP contribution < -0.4 is 5.32 Å². The molecule has 0 aliphatic heterocycles. The Hall–Kier alpha value is 0.270. The van der Waals surface area contributed by atoms with Gasteiger partial charge in [-0.15, -0.1) is 0 Å². The van der Waals surface area contributed by atoms with Gasteiger partial charge in [-0.1, -0.05) is 19.3 Å². The zero-order valence-electron chi connectivity index (χ0n) is 9.22. The van der Waals surface area contributed by atoms with Crippen molar-refractivity contribution in [2.45, 2.75) is 44.1 Å². The summed E-state index contributed by atoms with van der Waals surface area (Å²) in [5.41, 5.74) is -0.391. The normalized spacial score (nSPS) is 21.0. The van der Waals surface area contributed by atoms with Crippen LogP contribution in [0.25, 0.3) is 0 Å².